The van der Waals surface area contributed by atoms with Gasteiger partial charge in [0, 0.05) is 12.8 Å². The number of nitrogens with zero attached hydrogens (tertiary/aromatic N) is 1. The smallest absolute Gasteiger partial charge is 0.456 e. The number of phosphoric acid groups is 1. The van der Waals surface area contributed by atoms with E-state index in [0.29, 0.717) is 23.9 Å². The molecule has 10 heteroatoms. The summed E-state index contributed by atoms with van der Waals surface area (Å²) >= 11 is 0. The second-order valence-electron chi connectivity index (χ2n) is 25.8. The third-order valence-electron chi connectivity index (χ3n) is 16.2. The molecule has 0 aromatic rings. The summed E-state index contributed by atoms with van der Waals surface area (Å²) in [6.45, 7) is 7.04. The molecule has 488 valence electrons. The predicted molar refractivity (Wildman–Crippen MR) is 360 cm³/mol. The molecule has 0 bridgehead atoms. The van der Waals surface area contributed by atoms with Crippen LogP contribution >= 0.6 is 7.82 Å². The van der Waals surface area contributed by atoms with Gasteiger partial charge in [-0.05, 0) is 89.5 Å². The summed E-state index contributed by atoms with van der Waals surface area (Å²) in [6.07, 6.45) is 79.7. The monoisotopic (exact) mass is 1190 g/mol. The summed E-state index contributed by atoms with van der Waals surface area (Å²) in [5.41, 5.74) is 0. The molecule has 0 rings (SSSR count). The van der Waals surface area contributed by atoms with Gasteiger partial charge < -0.3 is 19.4 Å². The van der Waals surface area contributed by atoms with Crippen LogP contribution in [-0.2, 0) is 27.9 Å². The Kier molecular flexibility index (Phi) is 61.5. The molecule has 0 aliphatic rings. The van der Waals surface area contributed by atoms with Crippen molar-refractivity contribution >= 4 is 19.7 Å². The molecular weight excluding hydrogens is 1050 g/mol. The topological polar surface area (TPSA) is 111 Å². The first-order valence-electron chi connectivity index (χ1n) is 36.0. The Hall–Kier alpha value is -2.03. The molecule has 0 aromatic carbocycles. The van der Waals surface area contributed by atoms with Gasteiger partial charge in [-0.25, -0.2) is 4.57 Å². The third kappa shape index (κ3) is 64.3. The first-order valence-corrected chi connectivity index (χ1v) is 37.5. The zero-order valence-electron chi connectivity index (χ0n) is 56.0. The third-order valence-corrected chi connectivity index (χ3v) is 17.2. The highest BCUT2D eigenvalue weighted by atomic mass is 31.2. The van der Waals surface area contributed by atoms with Gasteiger partial charge in [-0.3, -0.25) is 18.6 Å². The SMILES string of the molecule is CCCCC/C=C\C/C=C\CCCCCCCCCCCCCCCC(=O)OC(/C=C/CCCCCCCCCCCCC)C(COP(=O)(O)OCC[N+](C)(C)C)NC(=O)CCCCCCCCCCCCC/C=C/CCCCCCCC. The van der Waals surface area contributed by atoms with Crippen molar-refractivity contribution in [2.24, 2.45) is 0 Å². The average molecular weight is 1190 g/mol. The molecular formula is C73H140N2O7P+. The summed E-state index contributed by atoms with van der Waals surface area (Å²) in [5, 5.41) is 3.08. The van der Waals surface area contributed by atoms with E-state index >= 15 is 0 Å². The lowest BCUT2D eigenvalue weighted by Crippen LogP contribution is -2.47. The maximum absolute atomic E-state index is 13.6. The minimum atomic E-state index is -4.45. The number of hydrogen-bond acceptors (Lipinski definition) is 6. The number of quaternary nitrogens is 1. The fourth-order valence-corrected chi connectivity index (χ4v) is 11.4. The average Bonchev–Trinajstić information content (AvgIpc) is 3.47. The Morgan fingerprint density at radius 2 is 0.735 bits per heavy atom. The van der Waals surface area contributed by atoms with Crippen molar-refractivity contribution in [2.75, 3.05) is 40.9 Å². The van der Waals surface area contributed by atoms with Crippen molar-refractivity contribution in [3.63, 3.8) is 0 Å². The van der Waals surface area contributed by atoms with Crippen molar-refractivity contribution in [2.45, 2.75) is 367 Å². The van der Waals surface area contributed by atoms with Crippen molar-refractivity contribution in [1.82, 2.24) is 5.32 Å². The van der Waals surface area contributed by atoms with Gasteiger partial charge in [0.15, 0.2) is 0 Å². The second kappa shape index (κ2) is 63.0. The van der Waals surface area contributed by atoms with Crippen LogP contribution in [0.2, 0.25) is 0 Å². The molecule has 0 fully saturated rings. The van der Waals surface area contributed by atoms with Crippen molar-refractivity contribution < 1.29 is 37.3 Å². The number of ether oxygens (including phenoxy) is 1. The zero-order valence-corrected chi connectivity index (χ0v) is 56.8. The van der Waals surface area contributed by atoms with Gasteiger partial charge in [0.05, 0.1) is 33.8 Å². The summed E-state index contributed by atoms with van der Waals surface area (Å²) in [4.78, 5) is 37.9. The number of unbranched alkanes of at least 4 members (excludes halogenated alkanes) is 44. The molecule has 3 unspecified atom stereocenters. The van der Waals surface area contributed by atoms with Gasteiger partial charge in [0.25, 0.3) is 0 Å². The Balaban J connectivity index is 5.09. The quantitative estimate of drug-likeness (QED) is 0.0205. The van der Waals surface area contributed by atoms with Gasteiger partial charge in [-0.2, -0.15) is 0 Å². The van der Waals surface area contributed by atoms with E-state index in [1.165, 1.54) is 257 Å². The standard InChI is InChI=1S/C73H139N2O7P/c1-7-10-13-16-19-22-25-28-30-32-34-36-37-39-41-43-45-48-51-54-57-60-63-66-73(77)82-71(64-61-58-55-52-49-46-27-24-21-18-15-12-9-3)70(69-81-83(78,79)80-68-67-75(4,5)6)74-72(76)65-62-59-56-53-50-47-44-42-40-38-35-33-31-29-26-23-20-17-14-11-8-2/h19,22,28-31,61,64,70-71H,7-18,20-21,23-27,32-60,62-63,65-69H2,1-6H3,(H-,74,76,78,79)/p+1/b22-19-,30-28-,31-29+,64-61+. The van der Waals surface area contributed by atoms with Gasteiger partial charge in [0.2, 0.25) is 5.91 Å². The predicted octanol–water partition coefficient (Wildman–Crippen LogP) is 22.8. The first kappa shape index (κ1) is 81.0. The summed E-state index contributed by atoms with van der Waals surface area (Å²) in [7, 11) is 1.51. The molecule has 0 spiro atoms. The molecule has 0 radical (unpaired) electrons. The number of amides is 1. The molecule has 1 amide bonds. The number of carbonyl (C=O) groups excluding carboxylic acids is 2. The normalized spacial score (nSPS) is 13.8. The molecule has 0 saturated heterocycles. The van der Waals surface area contributed by atoms with Gasteiger partial charge in [0.1, 0.15) is 19.3 Å². The van der Waals surface area contributed by atoms with Gasteiger partial charge >= 0.3 is 13.8 Å². The largest absolute Gasteiger partial charge is 0.472 e. The number of nitrogens with one attached hydrogen (secondary N) is 1. The van der Waals surface area contributed by atoms with E-state index in [0.717, 1.165) is 64.2 Å². The number of hydrogen-bond donors (Lipinski definition) is 2. The molecule has 3 atom stereocenters. The highest BCUT2D eigenvalue weighted by molar-refractivity contribution is 7.47. The van der Waals surface area contributed by atoms with Crippen molar-refractivity contribution in [1.29, 1.82) is 0 Å². The van der Waals surface area contributed by atoms with Crippen LogP contribution < -0.4 is 5.32 Å². The number of rotatable bonds is 66. The number of phosphoric ester groups is 1. The molecule has 2 N–H and O–H groups in total. The van der Waals surface area contributed by atoms with Crippen molar-refractivity contribution in [3.05, 3.63) is 48.6 Å². The second-order valence-corrected chi connectivity index (χ2v) is 27.2. The van der Waals surface area contributed by atoms with E-state index in [2.05, 4.69) is 62.5 Å². The van der Waals surface area contributed by atoms with Crippen LogP contribution in [0.5, 0.6) is 0 Å². The van der Waals surface area contributed by atoms with E-state index in [-0.39, 0.29) is 25.1 Å². The fraction of sp³-hybridized carbons (Fsp3) is 0.863. The molecule has 0 aromatic heterocycles. The van der Waals surface area contributed by atoms with Gasteiger partial charge in [-0.15, -0.1) is 0 Å². The summed E-state index contributed by atoms with van der Waals surface area (Å²) in [5.74, 6) is -0.490. The van der Waals surface area contributed by atoms with Crippen LogP contribution in [-0.4, -0.2) is 74.3 Å². The lowest BCUT2D eigenvalue weighted by molar-refractivity contribution is -0.870. The number of allylic oxidation sites excluding steroid dienone is 7. The minimum absolute atomic E-state index is 0.0415. The molecule has 0 aliphatic heterocycles. The Morgan fingerprint density at radius 3 is 1.12 bits per heavy atom. The Morgan fingerprint density at radius 1 is 0.422 bits per heavy atom. The van der Waals surface area contributed by atoms with Crippen LogP contribution in [0.4, 0.5) is 0 Å². The molecule has 0 aliphatic carbocycles. The zero-order chi connectivity index (χ0) is 60.7. The van der Waals surface area contributed by atoms with Gasteiger partial charge in [-0.1, -0.05) is 301 Å². The van der Waals surface area contributed by atoms with E-state index in [4.69, 9.17) is 13.8 Å². The maximum Gasteiger partial charge on any atom is 0.472 e. The van der Waals surface area contributed by atoms with Crippen LogP contribution in [0.25, 0.3) is 0 Å². The summed E-state index contributed by atoms with van der Waals surface area (Å²) in [6, 6.07) is -0.848. The van der Waals surface area contributed by atoms with Crippen LogP contribution in [0.15, 0.2) is 48.6 Å². The summed E-state index contributed by atoms with van der Waals surface area (Å²) < 4.78 is 30.9. The van der Waals surface area contributed by atoms with Crippen molar-refractivity contribution in [3.8, 4) is 0 Å². The lowest BCUT2D eigenvalue weighted by Gasteiger charge is -2.27. The Labute approximate surface area is 516 Å². The molecule has 83 heavy (non-hydrogen) atoms. The number of carbonyl (C=O) groups is 2. The van der Waals surface area contributed by atoms with E-state index in [9.17, 15) is 19.0 Å². The number of esters is 1. The maximum atomic E-state index is 13.6. The van der Waals surface area contributed by atoms with E-state index in [1.54, 1.807) is 0 Å². The van der Waals surface area contributed by atoms with Crippen LogP contribution in [0.3, 0.4) is 0 Å². The van der Waals surface area contributed by atoms with Crippen LogP contribution in [0, 0.1) is 0 Å². The molecule has 0 saturated carbocycles. The highest BCUT2D eigenvalue weighted by Crippen LogP contribution is 2.43. The lowest BCUT2D eigenvalue weighted by atomic mass is 10.0. The first-order chi connectivity index (χ1) is 40.4. The fourth-order valence-electron chi connectivity index (χ4n) is 10.7. The Bertz CT molecular complexity index is 1560. The molecule has 9 nitrogen and oxygen atoms in total. The number of likely N-dealkylation sites (N-methyl/N-ethyl adjacent to an activating group) is 1. The van der Waals surface area contributed by atoms with E-state index < -0.39 is 20.0 Å². The minimum Gasteiger partial charge on any atom is -0.456 e. The van der Waals surface area contributed by atoms with E-state index in [1.807, 2.05) is 33.3 Å². The molecule has 0 heterocycles. The van der Waals surface area contributed by atoms with Crippen LogP contribution in [0.1, 0.15) is 355 Å². The highest BCUT2D eigenvalue weighted by Gasteiger charge is 2.30.